The standard InChI is InChI=1S/C18H17ClN2O3/c1-11-3-4-12(2)14(7-11)20-17(22)9-21-10-18(23)24-16-6-5-13(19)8-15(16)21/h3-8H,9-10H2,1-2H3,(H,20,22). The van der Waals surface area contributed by atoms with E-state index >= 15 is 0 Å². The summed E-state index contributed by atoms with van der Waals surface area (Å²) < 4.78 is 5.18. The minimum Gasteiger partial charge on any atom is -0.423 e. The minimum absolute atomic E-state index is 0.00750. The zero-order chi connectivity index (χ0) is 17.3. The predicted molar refractivity (Wildman–Crippen MR) is 93.8 cm³/mol. The van der Waals surface area contributed by atoms with E-state index in [-0.39, 0.29) is 19.0 Å². The number of amides is 1. The molecular weight excluding hydrogens is 328 g/mol. The lowest BCUT2D eigenvalue weighted by atomic mass is 10.1. The summed E-state index contributed by atoms with van der Waals surface area (Å²) in [4.78, 5) is 25.8. The third kappa shape index (κ3) is 3.51. The number of hydrogen-bond donors (Lipinski definition) is 1. The van der Waals surface area contributed by atoms with E-state index in [1.807, 2.05) is 32.0 Å². The fraction of sp³-hybridized carbons (Fsp3) is 0.222. The molecule has 1 aliphatic heterocycles. The highest BCUT2D eigenvalue weighted by Gasteiger charge is 2.26. The Bertz CT molecular complexity index is 820. The van der Waals surface area contributed by atoms with Gasteiger partial charge in [-0.05, 0) is 49.2 Å². The second kappa shape index (κ2) is 6.53. The van der Waals surface area contributed by atoms with Gasteiger partial charge in [-0.1, -0.05) is 23.7 Å². The van der Waals surface area contributed by atoms with Crippen LogP contribution in [-0.4, -0.2) is 25.0 Å². The van der Waals surface area contributed by atoms with Crippen molar-refractivity contribution in [2.24, 2.45) is 0 Å². The largest absolute Gasteiger partial charge is 0.423 e. The maximum absolute atomic E-state index is 12.4. The fourth-order valence-electron chi connectivity index (χ4n) is 2.59. The number of halogens is 1. The van der Waals surface area contributed by atoms with Crippen molar-refractivity contribution < 1.29 is 14.3 Å². The first-order chi connectivity index (χ1) is 11.4. The summed E-state index contributed by atoms with van der Waals surface area (Å²) in [6.45, 7) is 3.94. The van der Waals surface area contributed by atoms with E-state index in [9.17, 15) is 9.59 Å². The molecule has 0 bridgehead atoms. The first-order valence-corrected chi connectivity index (χ1v) is 7.92. The van der Waals surface area contributed by atoms with Crippen LogP contribution in [0.2, 0.25) is 5.02 Å². The Balaban J connectivity index is 1.78. The van der Waals surface area contributed by atoms with E-state index in [2.05, 4.69) is 5.32 Å². The van der Waals surface area contributed by atoms with Crippen LogP contribution in [0, 0.1) is 13.8 Å². The third-order valence-electron chi connectivity index (χ3n) is 3.81. The smallest absolute Gasteiger partial charge is 0.331 e. The van der Waals surface area contributed by atoms with E-state index in [4.69, 9.17) is 16.3 Å². The number of ether oxygens (including phenoxy) is 1. The van der Waals surface area contributed by atoms with Gasteiger partial charge in [0.1, 0.15) is 6.54 Å². The lowest BCUT2D eigenvalue weighted by Crippen LogP contribution is -2.41. The number of nitrogens with zero attached hydrogens (tertiary/aromatic N) is 1. The van der Waals surface area contributed by atoms with Gasteiger partial charge in [0.2, 0.25) is 5.91 Å². The molecule has 0 spiro atoms. The molecule has 1 N–H and O–H groups in total. The van der Waals surface area contributed by atoms with Crippen LogP contribution < -0.4 is 15.0 Å². The number of hydrogen-bond acceptors (Lipinski definition) is 4. The van der Waals surface area contributed by atoms with E-state index < -0.39 is 5.97 Å². The molecule has 0 aliphatic carbocycles. The average molecular weight is 345 g/mol. The van der Waals surface area contributed by atoms with Crippen molar-refractivity contribution in [3.05, 3.63) is 52.5 Å². The van der Waals surface area contributed by atoms with Crippen LogP contribution in [0.1, 0.15) is 11.1 Å². The van der Waals surface area contributed by atoms with Gasteiger partial charge in [0, 0.05) is 10.7 Å². The molecule has 0 aromatic heterocycles. The Labute approximate surface area is 145 Å². The van der Waals surface area contributed by atoms with Crippen molar-refractivity contribution in [3.63, 3.8) is 0 Å². The molecule has 0 atom stereocenters. The van der Waals surface area contributed by atoms with Gasteiger partial charge in [-0.2, -0.15) is 0 Å². The van der Waals surface area contributed by atoms with Gasteiger partial charge in [0.25, 0.3) is 0 Å². The summed E-state index contributed by atoms with van der Waals surface area (Å²) in [6.07, 6.45) is 0. The lowest BCUT2D eigenvalue weighted by Gasteiger charge is -2.29. The van der Waals surface area contributed by atoms with E-state index in [0.717, 1.165) is 16.8 Å². The summed E-state index contributed by atoms with van der Waals surface area (Å²) in [5.74, 6) is -0.191. The van der Waals surface area contributed by atoms with Crippen LogP contribution in [0.25, 0.3) is 0 Å². The molecule has 0 saturated heterocycles. The van der Waals surface area contributed by atoms with Crippen LogP contribution in [0.15, 0.2) is 36.4 Å². The van der Waals surface area contributed by atoms with Gasteiger partial charge < -0.3 is 15.0 Å². The third-order valence-corrected chi connectivity index (χ3v) is 4.04. The zero-order valence-electron chi connectivity index (χ0n) is 13.4. The highest BCUT2D eigenvalue weighted by molar-refractivity contribution is 6.31. The highest BCUT2D eigenvalue weighted by Crippen LogP contribution is 2.34. The molecule has 0 saturated carbocycles. The molecule has 1 heterocycles. The number of carbonyl (C=O) groups excluding carboxylic acids is 2. The van der Waals surface area contributed by atoms with Gasteiger partial charge in [-0.15, -0.1) is 0 Å². The van der Waals surface area contributed by atoms with Gasteiger partial charge in [-0.25, -0.2) is 4.79 Å². The Kier molecular flexibility index (Phi) is 4.44. The van der Waals surface area contributed by atoms with Crippen molar-refractivity contribution in [1.82, 2.24) is 0 Å². The van der Waals surface area contributed by atoms with Crippen LogP contribution in [0.4, 0.5) is 11.4 Å². The number of esters is 1. The number of fused-ring (bicyclic) bond motifs is 1. The van der Waals surface area contributed by atoms with E-state index in [0.29, 0.717) is 16.5 Å². The molecule has 2 aromatic rings. The summed E-state index contributed by atoms with van der Waals surface area (Å²) in [5.41, 5.74) is 3.45. The van der Waals surface area contributed by atoms with Crippen LogP contribution >= 0.6 is 11.6 Å². The van der Waals surface area contributed by atoms with Crippen molar-refractivity contribution in [1.29, 1.82) is 0 Å². The number of aryl methyl sites for hydroxylation is 2. The molecule has 2 aromatic carbocycles. The number of benzene rings is 2. The van der Waals surface area contributed by atoms with Gasteiger partial charge in [0.15, 0.2) is 5.75 Å². The summed E-state index contributed by atoms with van der Waals surface area (Å²) >= 11 is 6.02. The molecule has 1 aliphatic rings. The normalized spacial score (nSPS) is 13.3. The van der Waals surface area contributed by atoms with E-state index in [1.54, 1.807) is 23.1 Å². The summed E-state index contributed by atoms with van der Waals surface area (Å²) in [5, 5.41) is 3.41. The molecule has 124 valence electrons. The Hall–Kier alpha value is -2.53. The Morgan fingerprint density at radius 2 is 2.04 bits per heavy atom. The highest BCUT2D eigenvalue weighted by atomic mass is 35.5. The zero-order valence-corrected chi connectivity index (χ0v) is 14.2. The number of anilines is 2. The molecule has 1 amide bonds. The van der Waals surface area contributed by atoms with Crippen LogP contribution in [0.3, 0.4) is 0 Å². The fourth-order valence-corrected chi connectivity index (χ4v) is 2.76. The quantitative estimate of drug-likeness (QED) is 0.685. The summed E-state index contributed by atoms with van der Waals surface area (Å²) in [6, 6.07) is 10.8. The molecule has 0 radical (unpaired) electrons. The SMILES string of the molecule is Cc1ccc(C)c(NC(=O)CN2CC(=O)Oc3ccc(Cl)cc32)c1. The van der Waals surface area contributed by atoms with Crippen LogP contribution in [0.5, 0.6) is 5.75 Å². The van der Waals surface area contributed by atoms with E-state index in [1.165, 1.54) is 0 Å². The maximum atomic E-state index is 12.4. The molecule has 6 heteroatoms. The summed E-state index contributed by atoms with van der Waals surface area (Å²) in [7, 11) is 0. The Morgan fingerprint density at radius 3 is 2.83 bits per heavy atom. The number of rotatable bonds is 3. The molecule has 5 nitrogen and oxygen atoms in total. The topological polar surface area (TPSA) is 58.6 Å². The maximum Gasteiger partial charge on any atom is 0.331 e. The molecule has 0 unspecified atom stereocenters. The second-order valence-electron chi connectivity index (χ2n) is 5.81. The van der Waals surface area contributed by atoms with Gasteiger partial charge in [-0.3, -0.25) is 4.79 Å². The van der Waals surface area contributed by atoms with Crippen molar-refractivity contribution in [2.75, 3.05) is 23.3 Å². The molecule has 3 rings (SSSR count). The first-order valence-electron chi connectivity index (χ1n) is 7.54. The number of carbonyl (C=O) groups is 2. The molecular formula is C18H17ClN2O3. The van der Waals surface area contributed by atoms with Gasteiger partial charge >= 0.3 is 5.97 Å². The van der Waals surface area contributed by atoms with Gasteiger partial charge in [0.05, 0.1) is 12.2 Å². The monoisotopic (exact) mass is 344 g/mol. The van der Waals surface area contributed by atoms with Crippen LogP contribution in [-0.2, 0) is 9.59 Å². The lowest BCUT2D eigenvalue weighted by molar-refractivity contribution is -0.133. The minimum atomic E-state index is -0.399. The average Bonchev–Trinajstić information content (AvgIpc) is 2.51. The molecule has 24 heavy (non-hydrogen) atoms. The van der Waals surface area contributed by atoms with Crippen molar-refractivity contribution in [2.45, 2.75) is 13.8 Å². The number of nitrogens with one attached hydrogen (secondary N) is 1. The van der Waals surface area contributed by atoms with Crippen molar-refractivity contribution >= 4 is 34.9 Å². The first kappa shape index (κ1) is 16.3. The predicted octanol–water partition coefficient (Wildman–Crippen LogP) is 3.32. The second-order valence-corrected chi connectivity index (χ2v) is 6.25. The van der Waals surface area contributed by atoms with Crippen molar-refractivity contribution in [3.8, 4) is 5.75 Å². The Morgan fingerprint density at radius 1 is 1.25 bits per heavy atom. The molecule has 0 fully saturated rings.